The molecule has 62 valence electrons. The highest BCUT2D eigenvalue weighted by Crippen LogP contribution is 2.11. The quantitative estimate of drug-likeness (QED) is 0.697. The van der Waals surface area contributed by atoms with Crippen LogP contribution in [0, 0.1) is 0 Å². The van der Waals surface area contributed by atoms with Crippen molar-refractivity contribution in [2.75, 3.05) is 6.54 Å². The van der Waals surface area contributed by atoms with Crippen LogP contribution in [-0.2, 0) is 6.42 Å². The van der Waals surface area contributed by atoms with Crippen LogP contribution in [0.15, 0.2) is 4.42 Å². The van der Waals surface area contributed by atoms with E-state index in [2.05, 4.69) is 10.2 Å². The first kappa shape index (κ1) is 8.20. The Balaban J connectivity index is 2.71. The summed E-state index contributed by atoms with van der Waals surface area (Å²) in [6.45, 7) is 4.49. The average Bonchev–Trinajstić information content (AvgIpc) is 2.50. The summed E-state index contributed by atoms with van der Waals surface area (Å²) >= 11 is 0. The third-order valence-corrected chi connectivity index (χ3v) is 1.56. The van der Waals surface area contributed by atoms with Crippen LogP contribution < -0.4 is 5.73 Å². The Kier molecular flexibility index (Phi) is 2.59. The number of aryl methyl sites for hydroxylation is 1. The zero-order chi connectivity index (χ0) is 8.27. The Labute approximate surface area is 65.8 Å². The van der Waals surface area contributed by atoms with Crippen molar-refractivity contribution >= 4 is 0 Å². The average molecular weight is 155 g/mol. The lowest BCUT2D eigenvalue weighted by Gasteiger charge is -1.99. The van der Waals surface area contributed by atoms with E-state index in [-0.39, 0.29) is 5.92 Å². The molecule has 0 saturated carbocycles. The number of hydrogen-bond acceptors (Lipinski definition) is 4. The van der Waals surface area contributed by atoms with E-state index in [4.69, 9.17) is 10.2 Å². The van der Waals surface area contributed by atoms with Gasteiger partial charge in [-0.3, -0.25) is 0 Å². The van der Waals surface area contributed by atoms with E-state index in [0.717, 1.165) is 6.42 Å². The van der Waals surface area contributed by atoms with Crippen molar-refractivity contribution in [3.63, 3.8) is 0 Å². The van der Waals surface area contributed by atoms with Crippen molar-refractivity contribution in [1.29, 1.82) is 0 Å². The monoisotopic (exact) mass is 155 g/mol. The molecule has 1 rings (SSSR count). The Hall–Kier alpha value is -0.900. The molecule has 0 bridgehead atoms. The summed E-state index contributed by atoms with van der Waals surface area (Å²) in [6.07, 6.45) is 0.782. The summed E-state index contributed by atoms with van der Waals surface area (Å²) in [5, 5.41) is 7.69. The lowest BCUT2D eigenvalue weighted by Crippen LogP contribution is -2.08. The predicted octanol–water partition coefficient (Wildman–Crippen LogP) is 0.694. The normalized spacial score (nSPS) is 13.4. The van der Waals surface area contributed by atoms with Gasteiger partial charge >= 0.3 is 0 Å². The van der Waals surface area contributed by atoms with Crippen molar-refractivity contribution in [2.45, 2.75) is 26.2 Å². The minimum atomic E-state index is 0.169. The molecule has 1 heterocycles. The van der Waals surface area contributed by atoms with E-state index in [0.29, 0.717) is 18.3 Å². The van der Waals surface area contributed by atoms with Crippen LogP contribution in [0.2, 0.25) is 0 Å². The SMILES string of the molecule is CCc1nnc(C(C)CN)o1. The summed E-state index contributed by atoms with van der Waals surface area (Å²) < 4.78 is 5.28. The molecule has 0 aliphatic carbocycles. The zero-order valence-corrected chi connectivity index (χ0v) is 6.87. The number of rotatable bonds is 3. The van der Waals surface area contributed by atoms with E-state index >= 15 is 0 Å². The fourth-order valence-electron chi connectivity index (χ4n) is 0.709. The molecule has 1 atom stereocenters. The maximum absolute atomic E-state index is 5.43. The molecule has 0 fully saturated rings. The molecule has 0 aliphatic heterocycles. The smallest absolute Gasteiger partial charge is 0.220 e. The Morgan fingerprint density at radius 2 is 2.27 bits per heavy atom. The van der Waals surface area contributed by atoms with Gasteiger partial charge in [-0.1, -0.05) is 13.8 Å². The van der Waals surface area contributed by atoms with E-state index in [1.165, 1.54) is 0 Å². The fourth-order valence-corrected chi connectivity index (χ4v) is 0.709. The van der Waals surface area contributed by atoms with E-state index in [1.54, 1.807) is 0 Å². The van der Waals surface area contributed by atoms with Crippen LogP contribution in [0.5, 0.6) is 0 Å². The lowest BCUT2D eigenvalue weighted by molar-refractivity contribution is 0.429. The standard InChI is InChI=1S/C7H13N3O/c1-3-6-9-10-7(11-6)5(2)4-8/h5H,3-4,8H2,1-2H3. The second-order valence-electron chi connectivity index (χ2n) is 2.52. The van der Waals surface area contributed by atoms with Gasteiger partial charge in [0, 0.05) is 18.9 Å². The van der Waals surface area contributed by atoms with Gasteiger partial charge in [-0.2, -0.15) is 0 Å². The van der Waals surface area contributed by atoms with E-state index < -0.39 is 0 Å². The maximum atomic E-state index is 5.43. The first-order valence-electron chi connectivity index (χ1n) is 3.80. The van der Waals surface area contributed by atoms with Crippen molar-refractivity contribution in [3.8, 4) is 0 Å². The molecule has 1 unspecified atom stereocenters. The Morgan fingerprint density at radius 1 is 1.55 bits per heavy atom. The highest BCUT2D eigenvalue weighted by molar-refractivity contribution is 4.89. The van der Waals surface area contributed by atoms with Gasteiger partial charge in [-0.25, -0.2) is 0 Å². The molecular weight excluding hydrogens is 142 g/mol. The Bertz CT molecular complexity index is 221. The van der Waals surface area contributed by atoms with Gasteiger partial charge in [0.05, 0.1) is 0 Å². The third-order valence-electron chi connectivity index (χ3n) is 1.56. The van der Waals surface area contributed by atoms with Gasteiger partial charge in [0.1, 0.15) is 0 Å². The Morgan fingerprint density at radius 3 is 2.73 bits per heavy atom. The molecule has 4 heteroatoms. The molecule has 1 aromatic rings. The maximum Gasteiger partial charge on any atom is 0.220 e. The van der Waals surface area contributed by atoms with Crippen molar-refractivity contribution in [2.24, 2.45) is 5.73 Å². The minimum absolute atomic E-state index is 0.169. The highest BCUT2D eigenvalue weighted by atomic mass is 16.4. The molecule has 1 aromatic heterocycles. The van der Waals surface area contributed by atoms with Gasteiger partial charge in [-0.05, 0) is 0 Å². The van der Waals surface area contributed by atoms with E-state index in [9.17, 15) is 0 Å². The lowest BCUT2D eigenvalue weighted by atomic mass is 10.2. The predicted molar refractivity (Wildman–Crippen MR) is 41.1 cm³/mol. The summed E-state index contributed by atoms with van der Waals surface area (Å²) in [5.41, 5.74) is 5.43. The van der Waals surface area contributed by atoms with Gasteiger partial charge < -0.3 is 10.2 Å². The number of nitrogens with zero attached hydrogens (tertiary/aromatic N) is 2. The molecular formula is C7H13N3O. The molecule has 4 nitrogen and oxygen atoms in total. The number of aromatic nitrogens is 2. The van der Waals surface area contributed by atoms with Crippen molar-refractivity contribution < 1.29 is 4.42 Å². The molecule has 0 saturated heterocycles. The van der Waals surface area contributed by atoms with Crippen molar-refractivity contribution in [1.82, 2.24) is 10.2 Å². The second-order valence-corrected chi connectivity index (χ2v) is 2.52. The molecule has 0 aliphatic rings. The molecule has 2 N–H and O–H groups in total. The molecule has 0 aromatic carbocycles. The second kappa shape index (κ2) is 3.48. The third kappa shape index (κ3) is 1.77. The topological polar surface area (TPSA) is 64.9 Å². The van der Waals surface area contributed by atoms with Crippen LogP contribution in [0.3, 0.4) is 0 Å². The first-order valence-corrected chi connectivity index (χ1v) is 3.80. The molecule has 11 heavy (non-hydrogen) atoms. The van der Waals surface area contributed by atoms with Crippen LogP contribution >= 0.6 is 0 Å². The van der Waals surface area contributed by atoms with Crippen LogP contribution in [-0.4, -0.2) is 16.7 Å². The summed E-state index contributed by atoms with van der Waals surface area (Å²) in [4.78, 5) is 0. The zero-order valence-electron chi connectivity index (χ0n) is 6.87. The highest BCUT2D eigenvalue weighted by Gasteiger charge is 2.10. The summed E-state index contributed by atoms with van der Waals surface area (Å²) in [5.74, 6) is 1.49. The van der Waals surface area contributed by atoms with Crippen LogP contribution in [0.1, 0.15) is 31.5 Å². The molecule has 0 radical (unpaired) electrons. The van der Waals surface area contributed by atoms with Crippen LogP contribution in [0.25, 0.3) is 0 Å². The first-order chi connectivity index (χ1) is 5.27. The van der Waals surface area contributed by atoms with Crippen molar-refractivity contribution in [3.05, 3.63) is 11.8 Å². The minimum Gasteiger partial charge on any atom is -0.425 e. The van der Waals surface area contributed by atoms with Crippen LogP contribution in [0.4, 0.5) is 0 Å². The largest absolute Gasteiger partial charge is 0.425 e. The van der Waals surface area contributed by atoms with Gasteiger partial charge in [0.15, 0.2) is 0 Å². The molecule has 0 amide bonds. The van der Waals surface area contributed by atoms with Gasteiger partial charge in [0.2, 0.25) is 11.8 Å². The molecule has 0 spiro atoms. The summed E-state index contributed by atoms with van der Waals surface area (Å²) in [7, 11) is 0. The van der Waals surface area contributed by atoms with E-state index in [1.807, 2.05) is 13.8 Å². The van der Waals surface area contributed by atoms with Gasteiger partial charge in [0.25, 0.3) is 0 Å². The number of nitrogens with two attached hydrogens (primary N) is 1. The van der Waals surface area contributed by atoms with Gasteiger partial charge in [-0.15, -0.1) is 10.2 Å². The number of hydrogen-bond donors (Lipinski definition) is 1. The fraction of sp³-hybridized carbons (Fsp3) is 0.714. The summed E-state index contributed by atoms with van der Waals surface area (Å²) in [6, 6.07) is 0.